The number of benzene rings is 4. The zero-order valence-corrected chi connectivity index (χ0v) is 26.9. The maximum Gasteiger partial charge on any atom is 0.162 e. The van der Waals surface area contributed by atoms with Gasteiger partial charge in [-0.2, -0.15) is 0 Å². The van der Waals surface area contributed by atoms with E-state index in [0.29, 0.717) is 17.0 Å². The molecule has 44 heavy (non-hydrogen) atoms. The summed E-state index contributed by atoms with van der Waals surface area (Å²) in [6.07, 6.45) is 0. The van der Waals surface area contributed by atoms with Crippen LogP contribution in [0.3, 0.4) is 0 Å². The minimum atomic E-state index is -0.767. The summed E-state index contributed by atoms with van der Waals surface area (Å²) in [6, 6.07) is 16.6. The van der Waals surface area contributed by atoms with Gasteiger partial charge in [0.05, 0.1) is 0 Å². The van der Waals surface area contributed by atoms with Gasteiger partial charge in [0.15, 0.2) is 11.6 Å². The van der Waals surface area contributed by atoms with Crippen LogP contribution in [0.25, 0.3) is 0 Å². The van der Waals surface area contributed by atoms with Crippen molar-refractivity contribution in [2.75, 3.05) is 0 Å². The zero-order chi connectivity index (χ0) is 33.7. The monoisotopic (exact) mass is 620 g/mol. The molecule has 0 radical (unpaired) electrons. The smallest absolute Gasteiger partial charge is 0.162 e. The molecule has 0 aliphatic rings. The lowest BCUT2D eigenvalue weighted by Crippen LogP contribution is -1.96. The molecular weight excluding hydrogens is 577 g/mol. The average Bonchev–Trinajstić information content (AvgIpc) is 2.92. The molecule has 0 saturated carbocycles. The number of hydrogen-bond donors (Lipinski definition) is 0. The summed E-state index contributed by atoms with van der Waals surface area (Å²) in [4.78, 5) is 0. The van der Waals surface area contributed by atoms with Crippen LogP contribution in [0.15, 0.2) is 72.8 Å². The summed E-state index contributed by atoms with van der Waals surface area (Å²) >= 11 is 0. The minimum absolute atomic E-state index is 0.0331. The molecule has 4 rings (SSSR count). The largest absolute Gasteiger partial charge is 0.207 e. The zero-order valence-electron chi connectivity index (χ0n) is 26.9. The number of rotatable bonds is 4. The normalized spacial score (nSPS) is 10.6. The van der Waals surface area contributed by atoms with Crippen LogP contribution >= 0.6 is 0 Å². The third-order valence-corrected chi connectivity index (χ3v) is 6.61. The third kappa shape index (κ3) is 12.2. The van der Waals surface area contributed by atoms with Crippen LogP contribution < -0.4 is 0 Å². The highest BCUT2D eigenvalue weighted by Gasteiger charge is 2.11. The lowest BCUT2D eigenvalue weighted by Gasteiger charge is -2.08. The van der Waals surface area contributed by atoms with Crippen molar-refractivity contribution < 1.29 is 30.7 Å². The lowest BCUT2D eigenvalue weighted by molar-refractivity contribution is 0.494. The molecule has 0 fully saturated rings. The molecular formula is C37H43F7. The SMILES string of the molecule is CC(C)c1c(F)cccc1F.CC(C)c1cc(F)ccc1F.CC(C)c1cccc(F)c1F.Cc1cc(F)ccc1C(C)C. The van der Waals surface area contributed by atoms with Gasteiger partial charge >= 0.3 is 0 Å². The second-order valence-corrected chi connectivity index (χ2v) is 11.6. The van der Waals surface area contributed by atoms with Crippen molar-refractivity contribution in [1.82, 2.24) is 0 Å². The van der Waals surface area contributed by atoms with Gasteiger partial charge in [-0.15, -0.1) is 0 Å². The standard InChI is InChI=1S/C10H13F.3C9H10F2/c1-7(2)10-5-4-9(11)6-8(10)3;1-6(2)8-5-7(10)3-4-9(8)11;1-6(2)9-7(10)4-3-5-8(9)11;1-6(2)7-4-3-5-8(10)9(7)11/h4-7H,1-3H3;3*3-6H,1-2H3. The van der Waals surface area contributed by atoms with E-state index in [9.17, 15) is 30.7 Å². The Morgan fingerprint density at radius 1 is 0.409 bits per heavy atom. The van der Waals surface area contributed by atoms with Crippen LogP contribution in [0.2, 0.25) is 0 Å². The molecule has 4 aromatic rings. The maximum absolute atomic E-state index is 12.9. The first-order chi connectivity index (χ1) is 20.5. The molecule has 0 spiro atoms. The van der Waals surface area contributed by atoms with E-state index in [0.717, 1.165) is 23.8 Å². The topological polar surface area (TPSA) is 0 Å². The van der Waals surface area contributed by atoms with Gasteiger partial charge in [0.2, 0.25) is 0 Å². The first-order valence-electron chi connectivity index (χ1n) is 14.6. The molecule has 4 aromatic carbocycles. The van der Waals surface area contributed by atoms with Crippen molar-refractivity contribution in [2.24, 2.45) is 0 Å². The van der Waals surface area contributed by atoms with Gasteiger partial charge in [-0.3, -0.25) is 0 Å². The first-order valence-corrected chi connectivity index (χ1v) is 14.6. The van der Waals surface area contributed by atoms with E-state index in [-0.39, 0.29) is 40.8 Å². The van der Waals surface area contributed by atoms with E-state index in [1.165, 1.54) is 42.0 Å². The Hall–Kier alpha value is -3.61. The Bertz CT molecular complexity index is 1430. The first kappa shape index (κ1) is 38.4. The molecule has 0 aliphatic heterocycles. The van der Waals surface area contributed by atoms with Crippen molar-refractivity contribution in [1.29, 1.82) is 0 Å². The molecule has 0 bridgehead atoms. The Morgan fingerprint density at radius 2 is 0.864 bits per heavy atom. The number of hydrogen-bond acceptors (Lipinski definition) is 0. The van der Waals surface area contributed by atoms with E-state index in [2.05, 4.69) is 13.8 Å². The van der Waals surface area contributed by atoms with E-state index in [1.807, 2.05) is 40.7 Å². The maximum atomic E-state index is 12.9. The highest BCUT2D eigenvalue weighted by molar-refractivity contribution is 5.29. The average molecular weight is 621 g/mol. The highest BCUT2D eigenvalue weighted by atomic mass is 19.2. The molecule has 240 valence electrons. The summed E-state index contributed by atoms with van der Waals surface area (Å²) in [7, 11) is 0. The summed E-state index contributed by atoms with van der Waals surface area (Å²) in [5.41, 5.74) is 3.31. The van der Waals surface area contributed by atoms with E-state index in [4.69, 9.17) is 0 Å². The Labute approximate surface area is 258 Å². The van der Waals surface area contributed by atoms with Crippen molar-refractivity contribution in [3.8, 4) is 0 Å². The van der Waals surface area contributed by atoms with Crippen molar-refractivity contribution >= 4 is 0 Å². The molecule has 0 heterocycles. The van der Waals surface area contributed by atoms with Crippen LogP contribution in [0.4, 0.5) is 30.7 Å². The molecule has 0 N–H and O–H groups in total. The third-order valence-electron chi connectivity index (χ3n) is 6.61. The van der Waals surface area contributed by atoms with E-state index in [1.54, 1.807) is 26.0 Å². The van der Waals surface area contributed by atoms with Gasteiger partial charge in [-0.05, 0) is 101 Å². The molecule has 0 unspecified atom stereocenters. The molecule has 0 aliphatic carbocycles. The quantitative estimate of drug-likeness (QED) is 0.199. The van der Waals surface area contributed by atoms with Crippen LogP contribution in [0, 0.1) is 47.6 Å². The van der Waals surface area contributed by atoms with Crippen molar-refractivity contribution in [2.45, 2.75) is 86.0 Å². The molecule has 7 heteroatoms. The Balaban J connectivity index is 0.000000293. The molecule has 0 aromatic heterocycles. The van der Waals surface area contributed by atoms with Crippen LogP contribution in [0.5, 0.6) is 0 Å². The van der Waals surface area contributed by atoms with Crippen LogP contribution in [-0.4, -0.2) is 0 Å². The summed E-state index contributed by atoms with van der Waals surface area (Å²) < 4.78 is 89.2. The van der Waals surface area contributed by atoms with Crippen molar-refractivity contribution in [3.05, 3.63) is 141 Å². The van der Waals surface area contributed by atoms with E-state index >= 15 is 0 Å². The summed E-state index contributed by atoms with van der Waals surface area (Å²) in [6.45, 7) is 17.0. The van der Waals surface area contributed by atoms with Gasteiger partial charge in [0.25, 0.3) is 0 Å². The molecule has 0 nitrogen and oxygen atoms in total. The Kier molecular flexibility index (Phi) is 15.9. The highest BCUT2D eigenvalue weighted by Crippen LogP contribution is 2.22. The molecule has 0 amide bonds. The lowest BCUT2D eigenvalue weighted by atomic mass is 9.98. The van der Waals surface area contributed by atoms with Gasteiger partial charge in [0, 0.05) is 5.56 Å². The van der Waals surface area contributed by atoms with Crippen molar-refractivity contribution in [3.63, 3.8) is 0 Å². The Morgan fingerprint density at radius 3 is 1.27 bits per heavy atom. The number of halogens is 7. The predicted octanol–water partition coefficient (Wildman–Crippen LogP) is 12.5. The second kappa shape index (κ2) is 18.3. The van der Waals surface area contributed by atoms with Gasteiger partial charge in [0.1, 0.15) is 29.1 Å². The minimum Gasteiger partial charge on any atom is -0.207 e. The van der Waals surface area contributed by atoms with Crippen LogP contribution in [0.1, 0.15) is 107 Å². The second-order valence-electron chi connectivity index (χ2n) is 11.6. The van der Waals surface area contributed by atoms with Crippen LogP contribution in [-0.2, 0) is 0 Å². The predicted molar refractivity (Wildman–Crippen MR) is 167 cm³/mol. The fourth-order valence-corrected chi connectivity index (χ4v) is 4.27. The van der Waals surface area contributed by atoms with E-state index < -0.39 is 23.3 Å². The molecule has 0 saturated heterocycles. The van der Waals surface area contributed by atoms with Gasteiger partial charge in [-0.25, -0.2) is 30.7 Å². The van der Waals surface area contributed by atoms with Gasteiger partial charge < -0.3 is 0 Å². The summed E-state index contributed by atoms with van der Waals surface area (Å²) in [5.74, 6) is -2.81. The summed E-state index contributed by atoms with van der Waals surface area (Å²) in [5, 5.41) is 0. The number of aryl methyl sites for hydroxylation is 1. The fraction of sp³-hybridized carbons (Fsp3) is 0.351. The molecule has 0 atom stereocenters. The fourth-order valence-electron chi connectivity index (χ4n) is 4.27. The van der Waals surface area contributed by atoms with Gasteiger partial charge in [-0.1, -0.05) is 79.7 Å².